The first-order valence-corrected chi connectivity index (χ1v) is 6.29. The van der Waals surface area contributed by atoms with Crippen molar-refractivity contribution in [3.63, 3.8) is 0 Å². The van der Waals surface area contributed by atoms with E-state index in [-0.39, 0.29) is 17.1 Å². The first-order valence-electron chi connectivity index (χ1n) is 6.29. The van der Waals surface area contributed by atoms with E-state index in [1.807, 2.05) is 0 Å². The molecule has 0 bridgehead atoms. The first-order chi connectivity index (χ1) is 8.39. The van der Waals surface area contributed by atoms with Crippen molar-refractivity contribution in [1.82, 2.24) is 0 Å². The van der Waals surface area contributed by atoms with E-state index in [9.17, 15) is 13.2 Å². The lowest BCUT2D eigenvalue weighted by molar-refractivity contribution is 0.229. The summed E-state index contributed by atoms with van der Waals surface area (Å²) in [5.74, 6) is -3.68. The van der Waals surface area contributed by atoms with Gasteiger partial charge < -0.3 is 5.32 Å². The minimum atomic E-state index is -1.41. The average molecular weight is 257 g/mol. The largest absolute Gasteiger partial charge is 0.380 e. The quantitative estimate of drug-likeness (QED) is 0.770. The van der Waals surface area contributed by atoms with Gasteiger partial charge in [-0.2, -0.15) is 0 Å². The summed E-state index contributed by atoms with van der Waals surface area (Å²) in [6, 6.07) is 2.33. The summed E-state index contributed by atoms with van der Waals surface area (Å²) in [6.07, 6.45) is 4.05. The molecule has 1 unspecified atom stereocenters. The molecule has 0 spiro atoms. The van der Waals surface area contributed by atoms with Gasteiger partial charge in [0.1, 0.15) is 0 Å². The summed E-state index contributed by atoms with van der Waals surface area (Å²) in [4.78, 5) is 0. The van der Waals surface area contributed by atoms with Gasteiger partial charge in [-0.1, -0.05) is 20.3 Å². The van der Waals surface area contributed by atoms with Gasteiger partial charge in [-0.25, -0.2) is 13.2 Å². The average Bonchev–Trinajstić information content (AvgIpc) is 2.29. The molecule has 1 saturated carbocycles. The van der Waals surface area contributed by atoms with Crippen LogP contribution in [0.1, 0.15) is 39.5 Å². The van der Waals surface area contributed by atoms with E-state index < -0.39 is 17.5 Å². The normalized spacial score (nSPS) is 22.8. The monoisotopic (exact) mass is 257 g/mol. The van der Waals surface area contributed by atoms with Crippen molar-refractivity contribution in [3.05, 3.63) is 29.6 Å². The molecule has 1 N–H and O–H groups in total. The minimum Gasteiger partial charge on any atom is -0.380 e. The highest BCUT2D eigenvalue weighted by atomic mass is 19.2. The number of hydrogen-bond donors (Lipinski definition) is 1. The van der Waals surface area contributed by atoms with Gasteiger partial charge >= 0.3 is 0 Å². The Hall–Kier alpha value is -1.19. The maximum Gasteiger partial charge on any atom is 0.196 e. The number of nitrogens with one attached hydrogen (secondary N) is 1. The molecule has 0 heterocycles. The molecule has 2 rings (SSSR count). The van der Waals surface area contributed by atoms with E-state index in [0.29, 0.717) is 0 Å². The van der Waals surface area contributed by atoms with E-state index in [0.717, 1.165) is 31.7 Å². The molecule has 1 atom stereocenters. The second-order valence-electron chi connectivity index (χ2n) is 5.82. The fourth-order valence-corrected chi connectivity index (χ4v) is 2.68. The number of rotatable bonds is 2. The Morgan fingerprint density at radius 1 is 1.17 bits per heavy atom. The SMILES string of the molecule is CC1(C)CCCC(Nc2ccc(F)c(F)c2F)C1. The van der Waals surface area contributed by atoms with E-state index in [4.69, 9.17) is 0 Å². The van der Waals surface area contributed by atoms with Gasteiger partial charge in [-0.05, 0) is 36.8 Å². The van der Waals surface area contributed by atoms with Crippen molar-refractivity contribution in [2.24, 2.45) is 5.41 Å². The van der Waals surface area contributed by atoms with Crippen molar-refractivity contribution in [2.75, 3.05) is 5.32 Å². The van der Waals surface area contributed by atoms with Gasteiger partial charge in [-0.3, -0.25) is 0 Å². The number of halogens is 3. The molecule has 1 fully saturated rings. The van der Waals surface area contributed by atoms with Crippen LogP contribution in [0.4, 0.5) is 18.9 Å². The molecule has 0 aromatic heterocycles. The first kappa shape index (κ1) is 13.2. The Morgan fingerprint density at radius 3 is 2.56 bits per heavy atom. The summed E-state index contributed by atoms with van der Waals surface area (Å²) in [5, 5.41) is 2.99. The molecular formula is C14H18F3N. The molecule has 1 aliphatic rings. The predicted octanol–water partition coefficient (Wildman–Crippen LogP) is 4.48. The third-order valence-electron chi connectivity index (χ3n) is 3.60. The molecule has 0 amide bonds. The number of benzene rings is 1. The lowest BCUT2D eigenvalue weighted by Crippen LogP contribution is -2.32. The zero-order valence-electron chi connectivity index (χ0n) is 10.7. The van der Waals surface area contributed by atoms with E-state index in [1.54, 1.807) is 0 Å². The maximum atomic E-state index is 13.5. The Kier molecular flexibility index (Phi) is 3.55. The second kappa shape index (κ2) is 4.82. The van der Waals surface area contributed by atoms with Crippen LogP contribution in [0, 0.1) is 22.9 Å². The van der Waals surface area contributed by atoms with Crippen molar-refractivity contribution < 1.29 is 13.2 Å². The standard InChI is InChI=1S/C14H18F3N/c1-14(2)7-3-4-9(8-14)18-11-6-5-10(15)12(16)13(11)17/h5-6,9,18H,3-4,7-8H2,1-2H3. The van der Waals surface area contributed by atoms with Crippen LogP contribution in [0.25, 0.3) is 0 Å². The van der Waals surface area contributed by atoms with Crippen molar-refractivity contribution >= 4 is 5.69 Å². The van der Waals surface area contributed by atoms with E-state index >= 15 is 0 Å². The smallest absolute Gasteiger partial charge is 0.196 e. The predicted molar refractivity (Wildman–Crippen MR) is 66.0 cm³/mol. The van der Waals surface area contributed by atoms with Crippen molar-refractivity contribution in [1.29, 1.82) is 0 Å². The summed E-state index contributed by atoms with van der Waals surface area (Å²) in [6.45, 7) is 4.34. The summed E-state index contributed by atoms with van der Waals surface area (Å²) in [7, 11) is 0. The molecule has 1 aromatic carbocycles. The van der Waals surface area contributed by atoms with E-state index in [2.05, 4.69) is 19.2 Å². The second-order valence-corrected chi connectivity index (χ2v) is 5.82. The number of anilines is 1. The van der Waals surface area contributed by atoms with Crippen LogP contribution in [0.3, 0.4) is 0 Å². The molecule has 100 valence electrons. The lowest BCUT2D eigenvalue weighted by Gasteiger charge is -2.36. The van der Waals surface area contributed by atoms with Crippen LogP contribution >= 0.6 is 0 Å². The Morgan fingerprint density at radius 2 is 1.89 bits per heavy atom. The molecule has 1 aromatic rings. The molecule has 1 nitrogen and oxygen atoms in total. The van der Waals surface area contributed by atoms with Crippen LogP contribution in [-0.4, -0.2) is 6.04 Å². The maximum absolute atomic E-state index is 13.5. The summed E-state index contributed by atoms with van der Waals surface area (Å²) in [5.41, 5.74) is 0.266. The third-order valence-corrected chi connectivity index (χ3v) is 3.60. The molecule has 1 aliphatic carbocycles. The van der Waals surface area contributed by atoms with Crippen LogP contribution in [0.2, 0.25) is 0 Å². The van der Waals surface area contributed by atoms with Gasteiger partial charge in [0.2, 0.25) is 0 Å². The molecule has 0 saturated heterocycles. The highest BCUT2D eigenvalue weighted by Gasteiger charge is 2.28. The van der Waals surface area contributed by atoms with E-state index in [1.165, 1.54) is 6.07 Å². The Bertz CT molecular complexity index is 443. The Balaban J connectivity index is 2.12. The third kappa shape index (κ3) is 2.79. The summed E-state index contributed by atoms with van der Waals surface area (Å²) >= 11 is 0. The lowest BCUT2D eigenvalue weighted by atomic mass is 9.75. The zero-order chi connectivity index (χ0) is 13.3. The summed E-state index contributed by atoms with van der Waals surface area (Å²) < 4.78 is 39.5. The fourth-order valence-electron chi connectivity index (χ4n) is 2.68. The minimum absolute atomic E-state index is 0.0524. The highest BCUT2D eigenvalue weighted by molar-refractivity contribution is 5.46. The van der Waals surface area contributed by atoms with Gasteiger partial charge in [-0.15, -0.1) is 0 Å². The van der Waals surface area contributed by atoms with Crippen LogP contribution in [0.5, 0.6) is 0 Å². The van der Waals surface area contributed by atoms with Crippen LogP contribution in [0.15, 0.2) is 12.1 Å². The fraction of sp³-hybridized carbons (Fsp3) is 0.571. The van der Waals surface area contributed by atoms with Gasteiger partial charge in [0.15, 0.2) is 17.5 Å². The van der Waals surface area contributed by atoms with Crippen LogP contribution in [-0.2, 0) is 0 Å². The highest BCUT2D eigenvalue weighted by Crippen LogP contribution is 2.36. The van der Waals surface area contributed by atoms with Crippen molar-refractivity contribution in [3.8, 4) is 0 Å². The van der Waals surface area contributed by atoms with Gasteiger partial charge in [0.05, 0.1) is 5.69 Å². The molecule has 18 heavy (non-hydrogen) atoms. The molecule has 4 heteroatoms. The number of hydrogen-bond acceptors (Lipinski definition) is 1. The topological polar surface area (TPSA) is 12.0 Å². The van der Waals surface area contributed by atoms with Crippen LogP contribution < -0.4 is 5.32 Å². The Labute approximate surface area is 105 Å². The molecular weight excluding hydrogens is 239 g/mol. The zero-order valence-corrected chi connectivity index (χ0v) is 10.7. The van der Waals surface area contributed by atoms with Gasteiger partial charge in [0, 0.05) is 6.04 Å². The molecule has 0 aliphatic heterocycles. The van der Waals surface area contributed by atoms with Gasteiger partial charge in [0.25, 0.3) is 0 Å². The van der Waals surface area contributed by atoms with Crippen molar-refractivity contribution in [2.45, 2.75) is 45.6 Å². The molecule has 0 radical (unpaired) electrons.